The van der Waals surface area contributed by atoms with Crippen LogP contribution in [-0.2, 0) is 4.74 Å². The van der Waals surface area contributed by atoms with Gasteiger partial charge < -0.3 is 25.8 Å². The van der Waals surface area contributed by atoms with Crippen LogP contribution < -0.4 is 11.1 Å². The Hall–Kier alpha value is -2.12. The predicted molar refractivity (Wildman–Crippen MR) is 77.1 cm³/mol. The predicted octanol–water partition coefficient (Wildman–Crippen LogP) is 0.319. The number of hydrogen-bond donors (Lipinski definition) is 3. The second-order valence-electron chi connectivity index (χ2n) is 5.00. The lowest BCUT2D eigenvalue weighted by atomic mass is 10.1. The molecular weight excluding hydrogens is 274 g/mol. The average Bonchev–Trinajstić information content (AvgIpc) is 2.65. The molecule has 1 aliphatic heterocycles. The van der Waals surface area contributed by atoms with Gasteiger partial charge in [0.15, 0.2) is 0 Å². The molecule has 0 radical (unpaired) electrons. The van der Waals surface area contributed by atoms with Crippen molar-refractivity contribution in [3.05, 3.63) is 29.3 Å². The molecule has 0 unspecified atom stereocenters. The normalized spacial score (nSPS) is 19.0. The number of rotatable bonds is 2. The maximum absolute atomic E-state index is 12.2. The lowest BCUT2D eigenvalue weighted by Gasteiger charge is -2.22. The Bertz CT molecular complexity index is 547. The number of amides is 3. The van der Waals surface area contributed by atoms with Crippen molar-refractivity contribution in [3.8, 4) is 0 Å². The smallest absolute Gasteiger partial charge is 0.322 e. The summed E-state index contributed by atoms with van der Waals surface area (Å²) in [5, 5.41) is 12.4. The number of aliphatic hydroxyl groups is 1. The molecule has 7 heteroatoms. The first-order valence-corrected chi connectivity index (χ1v) is 6.69. The molecule has 2 rings (SSSR count). The number of nitrogens with one attached hydrogen (secondary N) is 1. The molecule has 3 amide bonds. The van der Waals surface area contributed by atoms with E-state index in [2.05, 4.69) is 5.32 Å². The second kappa shape index (κ2) is 6.55. The Labute approximate surface area is 122 Å². The monoisotopic (exact) mass is 293 g/mol. The van der Waals surface area contributed by atoms with Crippen molar-refractivity contribution < 1.29 is 19.4 Å². The zero-order valence-corrected chi connectivity index (χ0v) is 11.8. The van der Waals surface area contributed by atoms with Crippen molar-refractivity contribution in [2.24, 2.45) is 5.73 Å². The number of benzene rings is 1. The zero-order chi connectivity index (χ0) is 15.4. The summed E-state index contributed by atoms with van der Waals surface area (Å²) in [6, 6.07) is 4.53. The van der Waals surface area contributed by atoms with Gasteiger partial charge in [-0.1, -0.05) is 6.07 Å². The average molecular weight is 293 g/mol. The summed E-state index contributed by atoms with van der Waals surface area (Å²) in [5.74, 6) is -0.552. The van der Waals surface area contributed by atoms with Gasteiger partial charge in [-0.3, -0.25) is 4.79 Å². The molecule has 1 saturated heterocycles. The number of aliphatic hydroxyl groups excluding tert-OH is 1. The van der Waals surface area contributed by atoms with Gasteiger partial charge in [-0.2, -0.15) is 0 Å². The molecule has 1 fully saturated rings. The van der Waals surface area contributed by atoms with Crippen molar-refractivity contribution in [2.75, 3.05) is 31.6 Å². The van der Waals surface area contributed by atoms with Crippen LogP contribution in [0.2, 0.25) is 0 Å². The number of nitrogens with zero attached hydrogens (tertiary/aromatic N) is 1. The number of carbonyl (C=O) groups is 2. The Morgan fingerprint density at radius 3 is 2.95 bits per heavy atom. The first-order valence-electron chi connectivity index (χ1n) is 6.69. The summed E-state index contributed by atoms with van der Waals surface area (Å²) in [5.41, 5.74) is 6.91. The van der Waals surface area contributed by atoms with E-state index in [1.54, 1.807) is 18.2 Å². The molecule has 0 spiro atoms. The highest BCUT2D eigenvalue weighted by Crippen LogP contribution is 2.17. The van der Waals surface area contributed by atoms with Crippen LogP contribution in [0.25, 0.3) is 0 Å². The topological polar surface area (TPSA) is 105 Å². The van der Waals surface area contributed by atoms with Crippen molar-refractivity contribution in [3.63, 3.8) is 0 Å². The molecule has 4 N–H and O–H groups in total. The lowest BCUT2D eigenvalue weighted by Crippen LogP contribution is -2.40. The number of anilines is 1. The van der Waals surface area contributed by atoms with Gasteiger partial charge in [-0.25, -0.2) is 4.79 Å². The zero-order valence-electron chi connectivity index (χ0n) is 11.8. The number of β-amino-alcohol motifs (C(OH)–C–C–N with tert-alkyl or cyclic N) is 1. The van der Waals surface area contributed by atoms with Crippen LogP contribution in [-0.4, -0.2) is 54.4 Å². The summed E-state index contributed by atoms with van der Waals surface area (Å²) in [4.78, 5) is 24.9. The molecule has 1 aliphatic rings. The number of hydrogen-bond acceptors (Lipinski definition) is 4. The van der Waals surface area contributed by atoms with Crippen molar-refractivity contribution in [1.29, 1.82) is 0 Å². The highest BCUT2D eigenvalue weighted by Gasteiger charge is 2.21. The Morgan fingerprint density at radius 2 is 2.24 bits per heavy atom. The van der Waals surface area contributed by atoms with Gasteiger partial charge in [0.1, 0.15) is 0 Å². The van der Waals surface area contributed by atoms with E-state index in [1.165, 1.54) is 4.90 Å². The van der Waals surface area contributed by atoms with E-state index in [9.17, 15) is 14.7 Å². The van der Waals surface area contributed by atoms with Gasteiger partial charge in [0.2, 0.25) is 5.91 Å². The van der Waals surface area contributed by atoms with E-state index in [-0.39, 0.29) is 19.2 Å². The third-order valence-corrected chi connectivity index (χ3v) is 3.30. The van der Waals surface area contributed by atoms with Gasteiger partial charge in [0.05, 0.1) is 25.9 Å². The van der Waals surface area contributed by atoms with Gasteiger partial charge in [0, 0.05) is 17.8 Å². The Morgan fingerprint density at radius 1 is 1.48 bits per heavy atom. The van der Waals surface area contributed by atoms with Crippen molar-refractivity contribution in [1.82, 2.24) is 4.90 Å². The number of ether oxygens (including phenoxy) is 1. The molecular formula is C14H19N3O4. The third-order valence-electron chi connectivity index (χ3n) is 3.30. The van der Waals surface area contributed by atoms with Crippen LogP contribution in [0.1, 0.15) is 15.9 Å². The van der Waals surface area contributed by atoms with E-state index >= 15 is 0 Å². The first-order chi connectivity index (χ1) is 9.97. The SMILES string of the molecule is Cc1ccc(C(N)=O)cc1NC(=O)N1CCOC[C@H](O)C1. The molecule has 0 bridgehead atoms. The fourth-order valence-electron chi connectivity index (χ4n) is 2.08. The molecule has 1 aromatic carbocycles. The quantitative estimate of drug-likeness (QED) is 0.730. The van der Waals surface area contributed by atoms with Crippen LogP contribution in [0.3, 0.4) is 0 Å². The van der Waals surface area contributed by atoms with Crippen LogP contribution in [0.15, 0.2) is 18.2 Å². The molecule has 0 saturated carbocycles. The minimum absolute atomic E-state index is 0.209. The van der Waals surface area contributed by atoms with E-state index in [1.807, 2.05) is 6.92 Å². The first kappa shape index (κ1) is 15.3. The number of urea groups is 1. The van der Waals surface area contributed by atoms with Crippen LogP contribution in [0.5, 0.6) is 0 Å². The highest BCUT2D eigenvalue weighted by molar-refractivity contribution is 5.96. The van der Waals surface area contributed by atoms with E-state index in [0.717, 1.165) is 5.56 Å². The fraction of sp³-hybridized carbons (Fsp3) is 0.429. The van der Waals surface area contributed by atoms with Crippen LogP contribution in [0, 0.1) is 6.92 Å². The number of primary amides is 1. The standard InChI is InChI=1S/C14H19N3O4/c1-9-2-3-10(13(15)19)6-12(9)16-14(20)17-4-5-21-8-11(18)7-17/h2-3,6,11,18H,4-5,7-8H2,1H3,(H2,15,19)(H,16,20)/t11-/m1/s1. The van der Waals surface area contributed by atoms with Gasteiger partial charge >= 0.3 is 6.03 Å². The highest BCUT2D eigenvalue weighted by atomic mass is 16.5. The summed E-state index contributed by atoms with van der Waals surface area (Å²) in [6.45, 7) is 3.03. The number of carbonyl (C=O) groups excluding carboxylic acids is 2. The maximum Gasteiger partial charge on any atom is 0.322 e. The van der Waals surface area contributed by atoms with Gasteiger partial charge in [-0.05, 0) is 24.6 Å². The van der Waals surface area contributed by atoms with E-state index in [0.29, 0.717) is 24.4 Å². The summed E-state index contributed by atoms with van der Waals surface area (Å²) < 4.78 is 5.18. The largest absolute Gasteiger partial charge is 0.389 e. The second-order valence-corrected chi connectivity index (χ2v) is 5.00. The molecule has 1 aromatic rings. The third kappa shape index (κ3) is 3.93. The molecule has 1 heterocycles. The van der Waals surface area contributed by atoms with Crippen molar-refractivity contribution in [2.45, 2.75) is 13.0 Å². The minimum Gasteiger partial charge on any atom is -0.389 e. The molecule has 21 heavy (non-hydrogen) atoms. The molecule has 7 nitrogen and oxygen atoms in total. The Kier molecular flexibility index (Phi) is 4.77. The summed E-state index contributed by atoms with van der Waals surface area (Å²) in [6.07, 6.45) is -0.698. The van der Waals surface area contributed by atoms with E-state index in [4.69, 9.17) is 10.5 Å². The fourth-order valence-corrected chi connectivity index (χ4v) is 2.08. The van der Waals surface area contributed by atoms with Crippen LogP contribution in [0.4, 0.5) is 10.5 Å². The molecule has 0 aliphatic carbocycles. The molecule has 0 aromatic heterocycles. The molecule has 1 atom stereocenters. The Balaban J connectivity index is 2.11. The van der Waals surface area contributed by atoms with E-state index < -0.39 is 12.0 Å². The van der Waals surface area contributed by atoms with Gasteiger partial charge in [-0.15, -0.1) is 0 Å². The summed E-state index contributed by atoms with van der Waals surface area (Å²) >= 11 is 0. The van der Waals surface area contributed by atoms with Crippen molar-refractivity contribution >= 4 is 17.6 Å². The minimum atomic E-state index is -0.698. The lowest BCUT2D eigenvalue weighted by molar-refractivity contribution is 0.0575. The maximum atomic E-state index is 12.2. The molecule has 114 valence electrons. The van der Waals surface area contributed by atoms with Gasteiger partial charge in [0.25, 0.3) is 0 Å². The summed E-state index contributed by atoms with van der Waals surface area (Å²) in [7, 11) is 0. The number of nitrogens with two attached hydrogens (primary N) is 1. The van der Waals surface area contributed by atoms with Crippen LogP contribution >= 0.6 is 0 Å². The number of aryl methyl sites for hydroxylation is 1.